The van der Waals surface area contributed by atoms with Gasteiger partial charge in [-0.2, -0.15) is 0 Å². The van der Waals surface area contributed by atoms with E-state index < -0.39 is 5.97 Å². The van der Waals surface area contributed by atoms with Crippen LogP contribution in [0.5, 0.6) is 0 Å². The lowest BCUT2D eigenvalue weighted by atomic mass is 10.5. The van der Waals surface area contributed by atoms with E-state index in [4.69, 9.17) is 4.42 Å². The quantitative estimate of drug-likeness (QED) is 0.711. The van der Waals surface area contributed by atoms with Crippen LogP contribution in [0.1, 0.15) is 10.6 Å². The highest BCUT2D eigenvalue weighted by molar-refractivity contribution is 7.13. The van der Waals surface area contributed by atoms with E-state index in [0.717, 1.165) is 4.88 Å². The number of oxazole rings is 1. The van der Waals surface area contributed by atoms with E-state index in [2.05, 4.69) is 9.72 Å². The molecule has 0 atom stereocenters. The molecule has 5 heteroatoms. The third-order valence-electron chi connectivity index (χ3n) is 1.62. The van der Waals surface area contributed by atoms with Gasteiger partial charge in [0.25, 0.3) is 0 Å². The first-order chi connectivity index (χ1) is 6.81. The first-order valence-corrected chi connectivity index (χ1v) is 4.77. The highest BCUT2D eigenvalue weighted by Gasteiger charge is 2.13. The summed E-state index contributed by atoms with van der Waals surface area (Å²) in [6.07, 6.45) is 1.36. The predicted octanol–water partition coefficient (Wildman–Crippen LogP) is 2.19. The molecule has 0 amide bonds. The second-order valence-corrected chi connectivity index (χ2v) is 3.45. The largest absolute Gasteiger partial charge is 0.463 e. The molecule has 0 unspecified atom stereocenters. The number of carbonyl (C=O) groups excluding carboxylic acids is 1. The van der Waals surface area contributed by atoms with E-state index in [-0.39, 0.29) is 5.76 Å². The lowest BCUT2D eigenvalue weighted by Crippen LogP contribution is -1.98. The smallest absolute Gasteiger partial charge is 0.375 e. The molecule has 0 bridgehead atoms. The second kappa shape index (κ2) is 3.63. The summed E-state index contributed by atoms with van der Waals surface area (Å²) in [4.78, 5) is 15.9. The summed E-state index contributed by atoms with van der Waals surface area (Å²) in [5.41, 5.74) is 0. The number of esters is 1. The lowest BCUT2D eigenvalue weighted by Gasteiger charge is -1.91. The summed E-state index contributed by atoms with van der Waals surface area (Å²) < 4.78 is 9.70. The van der Waals surface area contributed by atoms with Gasteiger partial charge in [0.1, 0.15) is 0 Å². The second-order valence-electron chi connectivity index (χ2n) is 2.50. The van der Waals surface area contributed by atoms with Crippen LogP contribution in [0, 0.1) is 0 Å². The lowest BCUT2D eigenvalue weighted by molar-refractivity contribution is 0.0566. The monoisotopic (exact) mass is 209 g/mol. The molecule has 0 aliphatic rings. The van der Waals surface area contributed by atoms with E-state index in [1.54, 1.807) is 0 Å². The maximum Gasteiger partial charge on any atom is 0.375 e. The van der Waals surface area contributed by atoms with Gasteiger partial charge in [-0.05, 0) is 11.4 Å². The van der Waals surface area contributed by atoms with Crippen molar-refractivity contribution >= 4 is 17.3 Å². The Morgan fingerprint density at radius 1 is 1.64 bits per heavy atom. The molecular formula is C9H7NO3S. The molecule has 2 aromatic heterocycles. The Hall–Kier alpha value is -1.62. The van der Waals surface area contributed by atoms with Crippen molar-refractivity contribution in [2.24, 2.45) is 0 Å². The summed E-state index contributed by atoms with van der Waals surface area (Å²) >= 11 is 1.50. The number of aromatic nitrogens is 1. The first kappa shape index (κ1) is 8.96. The van der Waals surface area contributed by atoms with Crippen LogP contribution in [0.25, 0.3) is 10.8 Å². The molecule has 2 rings (SSSR count). The van der Waals surface area contributed by atoms with Crippen molar-refractivity contribution in [3.63, 3.8) is 0 Å². The van der Waals surface area contributed by atoms with Gasteiger partial charge in [-0.1, -0.05) is 6.07 Å². The average Bonchev–Trinajstić information content (AvgIpc) is 2.86. The number of ether oxygens (including phenoxy) is 1. The van der Waals surface area contributed by atoms with Crippen molar-refractivity contribution in [2.75, 3.05) is 7.11 Å². The SMILES string of the molecule is COC(=O)c1cnc(-c2cccs2)o1. The van der Waals surface area contributed by atoms with Crippen molar-refractivity contribution in [3.05, 3.63) is 29.5 Å². The molecule has 0 radical (unpaired) electrons. The zero-order valence-electron chi connectivity index (χ0n) is 7.39. The summed E-state index contributed by atoms with van der Waals surface area (Å²) in [5.74, 6) is 0.0524. The summed E-state index contributed by atoms with van der Waals surface area (Å²) in [6.45, 7) is 0. The molecule has 0 aliphatic carbocycles. The highest BCUT2D eigenvalue weighted by Crippen LogP contribution is 2.23. The van der Waals surface area contributed by atoms with E-state index in [1.807, 2.05) is 17.5 Å². The molecule has 4 nitrogen and oxygen atoms in total. The van der Waals surface area contributed by atoms with Crippen LogP contribution in [0.3, 0.4) is 0 Å². The standard InChI is InChI=1S/C9H7NO3S/c1-12-9(11)6-5-10-8(13-6)7-3-2-4-14-7/h2-5H,1H3. The number of rotatable bonds is 2. The number of nitrogens with zero attached hydrogens (tertiary/aromatic N) is 1. The normalized spacial score (nSPS) is 10.1. The molecule has 0 N–H and O–H groups in total. The molecule has 0 fully saturated rings. The molecule has 0 saturated heterocycles. The van der Waals surface area contributed by atoms with Crippen LogP contribution in [0.2, 0.25) is 0 Å². The Balaban J connectivity index is 2.31. The van der Waals surface area contributed by atoms with Crippen LogP contribution in [-0.2, 0) is 4.74 Å². The third kappa shape index (κ3) is 1.54. The van der Waals surface area contributed by atoms with Gasteiger partial charge in [-0.3, -0.25) is 0 Å². The van der Waals surface area contributed by atoms with Crippen molar-refractivity contribution in [1.29, 1.82) is 0 Å². The minimum absolute atomic E-state index is 0.121. The van der Waals surface area contributed by atoms with E-state index in [0.29, 0.717) is 5.89 Å². The Morgan fingerprint density at radius 2 is 2.50 bits per heavy atom. The van der Waals surface area contributed by atoms with Gasteiger partial charge in [0.2, 0.25) is 11.7 Å². The summed E-state index contributed by atoms with van der Waals surface area (Å²) in [7, 11) is 1.30. The van der Waals surface area contributed by atoms with E-state index in [1.165, 1.54) is 24.6 Å². The molecule has 72 valence electrons. The fourth-order valence-electron chi connectivity index (χ4n) is 0.983. The zero-order valence-corrected chi connectivity index (χ0v) is 8.21. The molecule has 14 heavy (non-hydrogen) atoms. The maximum atomic E-state index is 11.0. The third-order valence-corrected chi connectivity index (χ3v) is 2.48. The van der Waals surface area contributed by atoms with Crippen molar-refractivity contribution in [1.82, 2.24) is 4.98 Å². The van der Waals surface area contributed by atoms with Crippen molar-refractivity contribution in [2.45, 2.75) is 0 Å². The van der Waals surface area contributed by atoms with Gasteiger partial charge in [0.15, 0.2) is 0 Å². The van der Waals surface area contributed by atoms with Crippen LogP contribution < -0.4 is 0 Å². The van der Waals surface area contributed by atoms with Gasteiger partial charge in [-0.15, -0.1) is 11.3 Å². The van der Waals surface area contributed by atoms with Crippen LogP contribution in [-0.4, -0.2) is 18.1 Å². The average molecular weight is 209 g/mol. The molecule has 2 heterocycles. The van der Waals surface area contributed by atoms with Crippen LogP contribution in [0.4, 0.5) is 0 Å². The summed E-state index contributed by atoms with van der Waals surface area (Å²) in [5, 5.41) is 1.91. The fourth-order valence-corrected chi connectivity index (χ4v) is 1.64. The number of hydrogen-bond acceptors (Lipinski definition) is 5. The Bertz CT molecular complexity index is 433. The minimum Gasteiger partial charge on any atom is -0.463 e. The zero-order chi connectivity index (χ0) is 9.97. The van der Waals surface area contributed by atoms with Crippen LogP contribution >= 0.6 is 11.3 Å². The molecule has 0 saturated carbocycles. The number of hydrogen-bond donors (Lipinski definition) is 0. The van der Waals surface area contributed by atoms with E-state index >= 15 is 0 Å². The number of carbonyl (C=O) groups is 1. The van der Waals surface area contributed by atoms with Crippen molar-refractivity contribution in [3.8, 4) is 10.8 Å². The molecule has 0 spiro atoms. The topological polar surface area (TPSA) is 52.3 Å². The molecular weight excluding hydrogens is 202 g/mol. The van der Waals surface area contributed by atoms with Crippen molar-refractivity contribution < 1.29 is 13.9 Å². The van der Waals surface area contributed by atoms with Gasteiger partial charge in [0, 0.05) is 0 Å². The predicted molar refractivity (Wildman–Crippen MR) is 51.2 cm³/mol. The number of methoxy groups -OCH3 is 1. The summed E-state index contributed by atoms with van der Waals surface area (Å²) in [6, 6.07) is 3.76. The Kier molecular flexibility index (Phi) is 2.32. The Morgan fingerprint density at radius 3 is 3.14 bits per heavy atom. The fraction of sp³-hybridized carbons (Fsp3) is 0.111. The van der Waals surface area contributed by atoms with E-state index in [9.17, 15) is 4.79 Å². The van der Waals surface area contributed by atoms with Gasteiger partial charge < -0.3 is 9.15 Å². The first-order valence-electron chi connectivity index (χ1n) is 3.89. The molecule has 0 aliphatic heterocycles. The Labute approximate surface area is 84.1 Å². The maximum absolute atomic E-state index is 11.0. The van der Waals surface area contributed by atoms with Gasteiger partial charge >= 0.3 is 5.97 Å². The highest BCUT2D eigenvalue weighted by atomic mass is 32.1. The minimum atomic E-state index is -0.514. The van der Waals surface area contributed by atoms with Crippen LogP contribution in [0.15, 0.2) is 28.1 Å². The number of thiophene rings is 1. The molecule has 0 aromatic carbocycles. The molecule has 2 aromatic rings. The van der Waals surface area contributed by atoms with Gasteiger partial charge in [0.05, 0.1) is 18.2 Å². The van der Waals surface area contributed by atoms with Gasteiger partial charge in [-0.25, -0.2) is 9.78 Å².